The Morgan fingerprint density at radius 2 is 1.93 bits per heavy atom. The monoisotopic (exact) mass is 401 g/mol. The fraction of sp³-hybridized carbons (Fsp3) is 0.217. The molecule has 1 fully saturated rings. The summed E-state index contributed by atoms with van der Waals surface area (Å²) in [5.74, 6) is 1.26. The topological polar surface area (TPSA) is 74.9 Å². The van der Waals surface area contributed by atoms with Crippen LogP contribution < -0.4 is 9.47 Å². The molecule has 3 aromatic rings. The highest BCUT2D eigenvalue weighted by Gasteiger charge is 2.44. The van der Waals surface area contributed by atoms with Gasteiger partial charge in [0.1, 0.15) is 6.04 Å². The lowest BCUT2D eigenvalue weighted by molar-refractivity contribution is -0.150. The van der Waals surface area contributed by atoms with Gasteiger partial charge >= 0.3 is 0 Å². The van der Waals surface area contributed by atoms with Gasteiger partial charge in [0.2, 0.25) is 18.6 Å². The third-order valence-electron chi connectivity index (χ3n) is 6.04. The number of hydrogen-bond donors (Lipinski definition) is 1. The van der Waals surface area contributed by atoms with Gasteiger partial charge in [0.05, 0.1) is 17.9 Å². The molecule has 0 saturated carbocycles. The maximum absolute atomic E-state index is 13.0. The van der Waals surface area contributed by atoms with Crippen LogP contribution in [-0.2, 0) is 16.0 Å². The summed E-state index contributed by atoms with van der Waals surface area (Å²) in [7, 11) is 1.68. The highest BCUT2D eigenvalue weighted by atomic mass is 16.7. The molecular weight excluding hydrogens is 382 g/mol. The smallest absolute Gasteiger partial charge is 0.247 e. The first-order valence-electron chi connectivity index (χ1n) is 9.88. The predicted molar refractivity (Wildman–Crippen MR) is 111 cm³/mol. The number of hydrogen-bond acceptors (Lipinski definition) is 4. The lowest BCUT2D eigenvalue weighted by Crippen LogP contribution is -2.59. The Labute approximate surface area is 172 Å². The van der Waals surface area contributed by atoms with E-state index in [2.05, 4.69) is 11.1 Å². The number of nitrogens with one attached hydrogen (secondary N) is 1. The fourth-order valence-corrected chi connectivity index (χ4v) is 4.62. The summed E-state index contributed by atoms with van der Waals surface area (Å²) in [6, 6.07) is 13.2. The lowest BCUT2D eigenvalue weighted by Gasteiger charge is -2.42. The van der Waals surface area contributed by atoms with Crippen LogP contribution in [0.1, 0.15) is 16.8 Å². The lowest BCUT2D eigenvalue weighted by atomic mass is 9.91. The zero-order chi connectivity index (χ0) is 20.4. The van der Waals surface area contributed by atoms with E-state index in [9.17, 15) is 9.59 Å². The molecule has 0 radical (unpaired) electrons. The van der Waals surface area contributed by atoms with Crippen molar-refractivity contribution in [3.8, 4) is 11.5 Å². The molecule has 0 aliphatic carbocycles. The number of aromatic nitrogens is 1. The van der Waals surface area contributed by atoms with Crippen molar-refractivity contribution < 1.29 is 19.1 Å². The minimum absolute atomic E-state index is 0.0397. The first kappa shape index (κ1) is 17.1. The van der Waals surface area contributed by atoms with Crippen molar-refractivity contribution in [2.45, 2.75) is 12.5 Å². The quantitative estimate of drug-likeness (QED) is 0.680. The molecule has 2 aromatic carbocycles. The van der Waals surface area contributed by atoms with Crippen LogP contribution in [0.3, 0.4) is 0 Å². The van der Waals surface area contributed by atoms with Crippen LogP contribution in [0.15, 0.2) is 42.5 Å². The van der Waals surface area contributed by atoms with Gasteiger partial charge in [0.25, 0.3) is 0 Å². The SMILES string of the molecule is CN1CC(=O)N2/C(=C\c3ccc4c(c3)OCO4)c3[nH]c4ccccc4c3C[C@@H]2C1=O. The second-order valence-electron chi connectivity index (χ2n) is 7.84. The van der Waals surface area contributed by atoms with Gasteiger partial charge in [-0.25, -0.2) is 0 Å². The molecule has 7 heteroatoms. The van der Waals surface area contributed by atoms with E-state index in [1.165, 1.54) is 4.90 Å². The summed E-state index contributed by atoms with van der Waals surface area (Å²) >= 11 is 0. The predicted octanol–water partition coefficient (Wildman–Crippen LogP) is 2.62. The first-order valence-corrected chi connectivity index (χ1v) is 9.88. The molecule has 0 bridgehead atoms. The molecule has 4 heterocycles. The van der Waals surface area contributed by atoms with Gasteiger partial charge < -0.3 is 19.4 Å². The Balaban J connectivity index is 1.57. The zero-order valence-electron chi connectivity index (χ0n) is 16.3. The maximum Gasteiger partial charge on any atom is 0.247 e. The van der Waals surface area contributed by atoms with E-state index in [0.29, 0.717) is 23.6 Å². The van der Waals surface area contributed by atoms with Crippen molar-refractivity contribution in [2.24, 2.45) is 0 Å². The van der Waals surface area contributed by atoms with Crippen LogP contribution in [-0.4, -0.2) is 53.0 Å². The Bertz CT molecular complexity index is 1260. The summed E-state index contributed by atoms with van der Waals surface area (Å²) < 4.78 is 10.9. The number of para-hydroxylation sites is 1. The van der Waals surface area contributed by atoms with Crippen LogP contribution in [0.4, 0.5) is 0 Å². The number of carbonyl (C=O) groups excluding carboxylic acids is 2. The Morgan fingerprint density at radius 3 is 2.83 bits per heavy atom. The number of carbonyl (C=O) groups is 2. The summed E-state index contributed by atoms with van der Waals surface area (Å²) in [5, 5.41) is 1.08. The van der Waals surface area contributed by atoms with E-state index in [1.54, 1.807) is 11.9 Å². The number of aromatic amines is 1. The second-order valence-corrected chi connectivity index (χ2v) is 7.84. The van der Waals surface area contributed by atoms with Gasteiger partial charge in [-0.1, -0.05) is 24.3 Å². The van der Waals surface area contributed by atoms with Gasteiger partial charge in [-0.2, -0.15) is 0 Å². The average Bonchev–Trinajstić information content (AvgIpc) is 3.36. The highest BCUT2D eigenvalue weighted by Crippen LogP contribution is 2.40. The number of rotatable bonds is 1. The minimum Gasteiger partial charge on any atom is -0.454 e. The molecule has 7 nitrogen and oxygen atoms in total. The van der Waals surface area contributed by atoms with Crippen molar-refractivity contribution in [2.75, 3.05) is 20.4 Å². The average molecular weight is 401 g/mol. The first-order chi connectivity index (χ1) is 14.6. The molecule has 1 saturated heterocycles. The van der Waals surface area contributed by atoms with Crippen LogP contribution in [0.5, 0.6) is 11.5 Å². The standard InChI is InChI=1S/C23H19N3O4/c1-25-11-21(27)26-17(8-13-6-7-19-20(9-13)30-12-29-19)22-15(10-18(26)23(25)28)14-4-2-3-5-16(14)24-22/h2-9,18,24H,10-12H2,1H3/b17-8-/t18-/m1/s1. The number of likely N-dealkylation sites (N-methyl/N-ethyl adjacent to an activating group) is 1. The number of nitrogens with zero attached hydrogens (tertiary/aromatic N) is 2. The highest BCUT2D eigenvalue weighted by molar-refractivity contribution is 6.05. The van der Waals surface area contributed by atoms with E-state index in [1.807, 2.05) is 42.5 Å². The molecular formula is C23H19N3O4. The number of amides is 2. The van der Waals surface area contributed by atoms with Crippen LogP contribution in [0.25, 0.3) is 22.7 Å². The molecule has 150 valence electrons. The number of ether oxygens (including phenoxy) is 2. The van der Waals surface area contributed by atoms with E-state index in [-0.39, 0.29) is 25.2 Å². The Morgan fingerprint density at radius 1 is 1.10 bits per heavy atom. The number of benzene rings is 2. The summed E-state index contributed by atoms with van der Waals surface area (Å²) in [6.07, 6.45) is 2.44. The third-order valence-corrected chi connectivity index (χ3v) is 6.04. The normalized spacial score (nSPS) is 21.4. The van der Waals surface area contributed by atoms with Gasteiger partial charge in [-0.05, 0) is 35.4 Å². The molecule has 1 atom stereocenters. The molecule has 30 heavy (non-hydrogen) atoms. The number of H-pyrrole nitrogens is 1. The number of piperazine rings is 1. The summed E-state index contributed by atoms with van der Waals surface area (Å²) in [6.45, 7) is 0.276. The van der Waals surface area contributed by atoms with Crippen molar-refractivity contribution in [1.29, 1.82) is 0 Å². The van der Waals surface area contributed by atoms with Crippen LogP contribution >= 0.6 is 0 Å². The zero-order valence-corrected chi connectivity index (χ0v) is 16.3. The summed E-state index contributed by atoms with van der Waals surface area (Å²) in [4.78, 5) is 32.7. The maximum atomic E-state index is 13.0. The van der Waals surface area contributed by atoms with Gasteiger partial charge in [0.15, 0.2) is 11.5 Å². The molecule has 6 rings (SSSR count). The summed E-state index contributed by atoms with van der Waals surface area (Å²) in [5.41, 5.74) is 4.53. The van der Waals surface area contributed by atoms with Gasteiger partial charge in [-0.15, -0.1) is 0 Å². The number of fused-ring (bicyclic) bond motifs is 5. The molecule has 0 unspecified atom stereocenters. The van der Waals surface area contributed by atoms with E-state index < -0.39 is 6.04 Å². The second kappa shape index (κ2) is 6.13. The molecule has 3 aliphatic rings. The largest absolute Gasteiger partial charge is 0.454 e. The fourth-order valence-electron chi connectivity index (χ4n) is 4.62. The van der Waals surface area contributed by atoms with E-state index in [4.69, 9.17) is 9.47 Å². The molecule has 1 N–H and O–H groups in total. The van der Waals surface area contributed by atoms with Crippen LogP contribution in [0.2, 0.25) is 0 Å². The molecule has 3 aliphatic heterocycles. The van der Waals surface area contributed by atoms with Crippen molar-refractivity contribution in [3.05, 3.63) is 59.3 Å². The Hall–Kier alpha value is -3.74. The van der Waals surface area contributed by atoms with Gasteiger partial charge in [0, 0.05) is 24.4 Å². The molecule has 0 spiro atoms. The van der Waals surface area contributed by atoms with Crippen molar-refractivity contribution >= 4 is 34.5 Å². The Kier molecular flexibility index (Phi) is 3.50. The minimum atomic E-state index is -0.539. The molecule has 1 aromatic heterocycles. The van der Waals surface area contributed by atoms with E-state index in [0.717, 1.165) is 27.7 Å². The van der Waals surface area contributed by atoms with Crippen molar-refractivity contribution in [1.82, 2.24) is 14.8 Å². The molecule has 2 amide bonds. The van der Waals surface area contributed by atoms with Crippen molar-refractivity contribution in [3.63, 3.8) is 0 Å². The van der Waals surface area contributed by atoms with E-state index >= 15 is 0 Å². The third kappa shape index (κ3) is 2.38. The van der Waals surface area contributed by atoms with Crippen LogP contribution in [0, 0.1) is 0 Å². The van der Waals surface area contributed by atoms with Gasteiger partial charge in [-0.3, -0.25) is 14.5 Å².